The molecule has 2 rings (SSSR count). The molecule has 0 saturated heterocycles. The van der Waals surface area contributed by atoms with Crippen molar-refractivity contribution in [2.45, 2.75) is 32.1 Å². The van der Waals surface area contributed by atoms with Crippen molar-refractivity contribution in [1.82, 2.24) is 14.9 Å². The van der Waals surface area contributed by atoms with E-state index in [9.17, 15) is 0 Å². The molecule has 0 aromatic carbocycles. The number of aromatic nitrogens is 2. The smallest absolute Gasteiger partial charge is 0.222 e. The Hall–Kier alpha value is -0.680. The number of rotatable bonds is 6. The maximum atomic E-state index is 4.23. The van der Waals surface area contributed by atoms with E-state index >= 15 is 0 Å². The molecule has 0 aliphatic heterocycles. The third-order valence-electron chi connectivity index (χ3n) is 4.05. The number of halogens is 1. The maximum absolute atomic E-state index is 4.23. The van der Waals surface area contributed by atoms with Crippen LogP contribution in [0.15, 0.2) is 16.9 Å². The summed E-state index contributed by atoms with van der Waals surface area (Å²) in [5.41, 5.74) is 0. The summed E-state index contributed by atoms with van der Waals surface area (Å²) in [5, 5.41) is 3.31. The molecule has 112 valence electrons. The summed E-state index contributed by atoms with van der Waals surface area (Å²) in [6, 6.07) is 0. The highest BCUT2D eigenvalue weighted by molar-refractivity contribution is 9.10. The molecule has 1 aromatic rings. The van der Waals surface area contributed by atoms with Gasteiger partial charge in [-0.15, -0.1) is 0 Å². The van der Waals surface area contributed by atoms with Gasteiger partial charge in [-0.2, -0.15) is 0 Å². The van der Waals surface area contributed by atoms with Crippen LogP contribution in [0.5, 0.6) is 0 Å². The van der Waals surface area contributed by atoms with E-state index in [4.69, 9.17) is 0 Å². The van der Waals surface area contributed by atoms with Crippen LogP contribution >= 0.6 is 15.9 Å². The van der Waals surface area contributed by atoms with Crippen molar-refractivity contribution >= 4 is 21.9 Å². The van der Waals surface area contributed by atoms with E-state index < -0.39 is 0 Å². The highest BCUT2D eigenvalue weighted by Crippen LogP contribution is 2.30. The molecule has 1 N–H and O–H groups in total. The molecule has 5 heteroatoms. The summed E-state index contributed by atoms with van der Waals surface area (Å²) in [4.78, 5) is 10.8. The van der Waals surface area contributed by atoms with Crippen molar-refractivity contribution < 1.29 is 0 Å². The Bertz CT molecular complexity index is 385. The summed E-state index contributed by atoms with van der Waals surface area (Å²) in [5.74, 6) is 2.51. The molecular formula is C15H25BrN4. The maximum Gasteiger partial charge on any atom is 0.222 e. The predicted octanol–water partition coefficient (Wildman–Crippen LogP) is 3.41. The molecule has 0 radical (unpaired) electrons. The summed E-state index contributed by atoms with van der Waals surface area (Å²) in [6.07, 6.45) is 10.3. The molecule has 20 heavy (non-hydrogen) atoms. The van der Waals surface area contributed by atoms with Crippen LogP contribution < -0.4 is 5.32 Å². The molecule has 1 aliphatic carbocycles. The summed E-state index contributed by atoms with van der Waals surface area (Å²) >= 11 is 3.34. The van der Waals surface area contributed by atoms with Crippen molar-refractivity contribution in [3.63, 3.8) is 0 Å². The lowest BCUT2D eigenvalue weighted by atomic mass is 9.80. The normalized spacial score (nSPS) is 23.0. The Morgan fingerprint density at radius 2 is 1.75 bits per heavy atom. The van der Waals surface area contributed by atoms with E-state index in [1.54, 1.807) is 12.4 Å². The second kappa shape index (κ2) is 7.93. The highest BCUT2D eigenvalue weighted by atomic mass is 79.9. The minimum absolute atomic E-state index is 0.731. The number of hydrogen-bond acceptors (Lipinski definition) is 4. The first-order chi connectivity index (χ1) is 9.63. The van der Waals surface area contributed by atoms with Crippen LogP contribution in [0.2, 0.25) is 0 Å². The fourth-order valence-electron chi connectivity index (χ4n) is 3.01. The topological polar surface area (TPSA) is 41.0 Å². The van der Waals surface area contributed by atoms with Crippen LogP contribution in [0, 0.1) is 11.8 Å². The first kappa shape index (κ1) is 15.7. The first-order valence-electron chi connectivity index (χ1n) is 7.49. The fraction of sp³-hybridized carbons (Fsp3) is 0.733. The van der Waals surface area contributed by atoms with Gasteiger partial charge in [0.15, 0.2) is 0 Å². The van der Waals surface area contributed by atoms with E-state index in [1.165, 1.54) is 38.6 Å². The Balaban J connectivity index is 1.62. The average Bonchev–Trinajstić information content (AvgIpc) is 2.42. The van der Waals surface area contributed by atoms with E-state index in [2.05, 4.69) is 50.2 Å². The summed E-state index contributed by atoms with van der Waals surface area (Å²) in [7, 11) is 4.35. The molecular weight excluding hydrogens is 316 g/mol. The van der Waals surface area contributed by atoms with Gasteiger partial charge in [0.05, 0.1) is 4.47 Å². The van der Waals surface area contributed by atoms with Gasteiger partial charge >= 0.3 is 0 Å². The van der Waals surface area contributed by atoms with E-state index in [-0.39, 0.29) is 0 Å². The van der Waals surface area contributed by atoms with Crippen LogP contribution in [0.25, 0.3) is 0 Å². The molecule has 1 saturated carbocycles. The number of hydrogen-bond donors (Lipinski definition) is 1. The molecule has 0 bridgehead atoms. The monoisotopic (exact) mass is 340 g/mol. The second-order valence-corrected chi connectivity index (χ2v) is 7.01. The van der Waals surface area contributed by atoms with E-state index in [0.29, 0.717) is 0 Å². The molecule has 1 fully saturated rings. The fourth-order valence-corrected chi connectivity index (χ4v) is 3.22. The van der Waals surface area contributed by atoms with Gasteiger partial charge in [0, 0.05) is 25.5 Å². The number of anilines is 1. The third kappa shape index (κ3) is 5.37. The van der Waals surface area contributed by atoms with Crippen LogP contribution in [0.3, 0.4) is 0 Å². The van der Waals surface area contributed by atoms with Crippen molar-refractivity contribution in [3.05, 3.63) is 16.9 Å². The van der Waals surface area contributed by atoms with Gasteiger partial charge in [-0.3, -0.25) is 0 Å². The Labute approximate surface area is 130 Å². The molecule has 0 spiro atoms. The van der Waals surface area contributed by atoms with Crippen molar-refractivity contribution in [2.75, 3.05) is 32.5 Å². The lowest BCUT2D eigenvalue weighted by molar-refractivity contribution is 0.219. The quantitative estimate of drug-likeness (QED) is 0.861. The molecule has 0 unspecified atom stereocenters. The molecule has 4 nitrogen and oxygen atoms in total. The zero-order chi connectivity index (χ0) is 14.4. The van der Waals surface area contributed by atoms with Crippen LogP contribution in [0.1, 0.15) is 32.1 Å². The minimum atomic E-state index is 0.731. The predicted molar refractivity (Wildman–Crippen MR) is 86.8 cm³/mol. The van der Waals surface area contributed by atoms with Gasteiger partial charge in [-0.25, -0.2) is 9.97 Å². The first-order valence-corrected chi connectivity index (χ1v) is 8.29. The van der Waals surface area contributed by atoms with Gasteiger partial charge in [0.25, 0.3) is 0 Å². The second-order valence-electron chi connectivity index (χ2n) is 6.09. The average molecular weight is 341 g/mol. The van der Waals surface area contributed by atoms with Gasteiger partial charge in [0.2, 0.25) is 5.95 Å². The van der Waals surface area contributed by atoms with E-state index in [0.717, 1.165) is 28.8 Å². The summed E-state index contributed by atoms with van der Waals surface area (Å²) in [6.45, 7) is 2.22. The van der Waals surface area contributed by atoms with Crippen molar-refractivity contribution in [3.8, 4) is 0 Å². The minimum Gasteiger partial charge on any atom is -0.354 e. The molecule has 1 aliphatic rings. The van der Waals surface area contributed by atoms with Gasteiger partial charge in [-0.1, -0.05) is 12.8 Å². The van der Waals surface area contributed by atoms with Gasteiger partial charge in [-0.05, 0) is 61.1 Å². The third-order valence-corrected chi connectivity index (χ3v) is 4.46. The Kier molecular flexibility index (Phi) is 6.23. The summed E-state index contributed by atoms with van der Waals surface area (Å²) < 4.78 is 0.919. The zero-order valence-corrected chi connectivity index (χ0v) is 14.1. The molecule has 1 heterocycles. The Morgan fingerprint density at radius 1 is 1.15 bits per heavy atom. The molecule has 1 aromatic heterocycles. The van der Waals surface area contributed by atoms with Crippen LogP contribution in [0.4, 0.5) is 5.95 Å². The van der Waals surface area contributed by atoms with Gasteiger partial charge < -0.3 is 10.2 Å². The van der Waals surface area contributed by atoms with Crippen LogP contribution in [-0.2, 0) is 0 Å². The molecule has 0 amide bonds. The highest BCUT2D eigenvalue weighted by Gasteiger charge is 2.21. The standard InChI is InChI=1S/C15H25BrN4/c1-20(2)11-13-5-3-12(4-6-13)7-8-17-15-18-9-14(16)10-19-15/h9-10,12-13H,3-8,11H2,1-2H3,(H,17,18,19). The lowest BCUT2D eigenvalue weighted by Crippen LogP contribution is -2.26. The zero-order valence-electron chi connectivity index (χ0n) is 12.5. The number of nitrogens with zero attached hydrogens (tertiary/aromatic N) is 3. The largest absolute Gasteiger partial charge is 0.354 e. The van der Waals surface area contributed by atoms with Crippen molar-refractivity contribution in [1.29, 1.82) is 0 Å². The SMILES string of the molecule is CN(C)CC1CCC(CCNc2ncc(Br)cn2)CC1. The van der Waals surface area contributed by atoms with E-state index in [1.807, 2.05) is 0 Å². The van der Waals surface area contributed by atoms with Crippen LogP contribution in [-0.4, -0.2) is 42.1 Å². The Morgan fingerprint density at radius 3 is 2.35 bits per heavy atom. The van der Waals surface area contributed by atoms with Crippen molar-refractivity contribution in [2.24, 2.45) is 11.8 Å². The van der Waals surface area contributed by atoms with Gasteiger partial charge in [0.1, 0.15) is 0 Å². The molecule has 0 atom stereocenters. The lowest BCUT2D eigenvalue weighted by Gasteiger charge is -2.30. The number of nitrogens with one attached hydrogen (secondary N) is 1.